The van der Waals surface area contributed by atoms with Gasteiger partial charge in [0.1, 0.15) is 5.75 Å². The third-order valence-corrected chi connectivity index (χ3v) is 4.14. The van der Waals surface area contributed by atoms with Crippen molar-refractivity contribution in [2.75, 3.05) is 19.8 Å². The second-order valence-electron chi connectivity index (χ2n) is 6.66. The number of rotatable bonds is 10. The summed E-state index contributed by atoms with van der Waals surface area (Å²) in [5, 5.41) is 0. The minimum absolute atomic E-state index is 0.244. The van der Waals surface area contributed by atoms with Gasteiger partial charge in [-0.05, 0) is 43.2 Å². The molecule has 0 fully saturated rings. The van der Waals surface area contributed by atoms with Gasteiger partial charge < -0.3 is 20.1 Å². The van der Waals surface area contributed by atoms with Crippen LogP contribution in [-0.2, 0) is 20.9 Å². The van der Waals surface area contributed by atoms with Crippen LogP contribution in [0.4, 0.5) is 0 Å². The van der Waals surface area contributed by atoms with Crippen molar-refractivity contribution < 1.29 is 23.9 Å². The number of benzene rings is 2. The van der Waals surface area contributed by atoms with Crippen molar-refractivity contribution in [3.8, 4) is 5.75 Å². The molecule has 29 heavy (non-hydrogen) atoms. The Labute approximate surface area is 170 Å². The van der Waals surface area contributed by atoms with Gasteiger partial charge in [0.05, 0.1) is 5.56 Å². The van der Waals surface area contributed by atoms with Crippen LogP contribution in [0.5, 0.6) is 5.75 Å². The van der Waals surface area contributed by atoms with Crippen LogP contribution in [0.3, 0.4) is 0 Å². The number of nitrogens with zero attached hydrogens (tertiary/aromatic N) is 1. The monoisotopic (exact) mass is 398 g/mol. The maximum atomic E-state index is 12.5. The lowest BCUT2D eigenvalue weighted by atomic mass is 10.1. The number of ether oxygens (including phenoxy) is 2. The number of aryl methyl sites for hydroxylation is 1. The molecule has 0 unspecified atom stereocenters. The summed E-state index contributed by atoms with van der Waals surface area (Å²) in [7, 11) is 0. The van der Waals surface area contributed by atoms with Gasteiger partial charge in [0, 0.05) is 13.1 Å². The standard InChI is InChI=1S/C22H26N2O5/c1-3-12-24(13-17-6-4-16(2)5-7-17)21(26)15-29-22(27)18-8-10-19(11-9-18)28-14-20(23)25/h4-11H,3,12-15H2,1-2H3,(H2,23,25). The molecule has 0 aromatic heterocycles. The number of hydrogen-bond acceptors (Lipinski definition) is 5. The zero-order valence-corrected chi connectivity index (χ0v) is 16.7. The Morgan fingerprint density at radius 2 is 1.62 bits per heavy atom. The fourth-order valence-corrected chi connectivity index (χ4v) is 2.62. The molecule has 0 radical (unpaired) electrons. The van der Waals surface area contributed by atoms with Gasteiger partial charge in [-0.3, -0.25) is 9.59 Å². The van der Waals surface area contributed by atoms with Crippen LogP contribution in [0.25, 0.3) is 0 Å². The topological polar surface area (TPSA) is 98.9 Å². The molecule has 0 bridgehead atoms. The molecule has 2 rings (SSSR count). The molecule has 7 nitrogen and oxygen atoms in total. The van der Waals surface area contributed by atoms with Crippen LogP contribution < -0.4 is 10.5 Å². The van der Waals surface area contributed by atoms with Crippen LogP contribution in [0.1, 0.15) is 34.8 Å². The number of primary amides is 1. The zero-order chi connectivity index (χ0) is 21.2. The highest BCUT2D eigenvalue weighted by Crippen LogP contribution is 2.13. The first-order valence-corrected chi connectivity index (χ1v) is 9.40. The van der Waals surface area contributed by atoms with Crippen LogP contribution in [0.15, 0.2) is 48.5 Å². The molecule has 7 heteroatoms. The Kier molecular flexibility index (Phi) is 8.21. The Bertz CT molecular complexity index is 831. The van der Waals surface area contributed by atoms with E-state index in [-0.39, 0.29) is 24.7 Å². The third-order valence-electron chi connectivity index (χ3n) is 4.14. The first-order chi connectivity index (χ1) is 13.9. The number of carbonyl (C=O) groups is 3. The van der Waals surface area contributed by atoms with Crippen molar-refractivity contribution in [2.24, 2.45) is 5.73 Å². The van der Waals surface area contributed by atoms with Crippen LogP contribution >= 0.6 is 0 Å². The lowest BCUT2D eigenvalue weighted by Gasteiger charge is -2.22. The minimum atomic E-state index is -0.605. The van der Waals surface area contributed by atoms with Gasteiger partial charge in [0.15, 0.2) is 13.2 Å². The number of hydrogen-bond donors (Lipinski definition) is 1. The Hall–Kier alpha value is -3.35. The van der Waals surface area contributed by atoms with Crippen molar-refractivity contribution in [2.45, 2.75) is 26.8 Å². The van der Waals surface area contributed by atoms with E-state index in [0.29, 0.717) is 18.8 Å². The molecule has 154 valence electrons. The molecular weight excluding hydrogens is 372 g/mol. The van der Waals surface area contributed by atoms with E-state index in [1.165, 1.54) is 24.3 Å². The molecule has 2 amide bonds. The Morgan fingerprint density at radius 1 is 0.966 bits per heavy atom. The molecule has 0 aliphatic heterocycles. The summed E-state index contributed by atoms with van der Waals surface area (Å²) in [5.41, 5.74) is 7.47. The summed E-state index contributed by atoms with van der Waals surface area (Å²) in [6.45, 7) is 4.47. The van der Waals surface area contributed by atoms with Gasteiger partial charge in [-0.1, -0.05) is 36.8 Å². The average molecular weight is 398 g/mol. The molecule has 0 saturated heterocycles. The summed E-state index contributed by atoms with van der Waals surface area (Å²) < 4.78 is 10.3. The van der Waals surface area contributed by atoms with Gasteiger partial charge in [0.25, 0.3) is 11.8 Å². The maximum absolute atomic E-state index is 12.5. The van der Waals surface area contributed by atoms with Gasteiger partial charge in [-0.25, -0.2) is 4.79 Å². The molecule has 2 N–H and O–H groups in total. The van der Waals surface area contributed by atoms with E-state index < -0.39 is 11.9 Å². The summed E-state index contributed by atoms with van der Waals surface area (Å²) in [4.78, 5) is 37.1. The van der Waals surface area contributed by atoms with Crippen molar-refractivity contribution in [1.82, 2.24) is 4.90 Å². The zero-order valence-electron chi connectivity index (χ0n) is 16.7. The number of carbonyl (C=O) groups excluding carboxylic acids is 3. The molecule has 0 saturated carbocycles. The summed E-state index contributed by atoms with van der Waals surface area (Å²) in [5.74, 6) is -1.04. The highest BCUT2D eigenvalue weighted by atomic mass is 16.5. The van der Waals surface area contributed by atoms with Crippen molar-refractivity contribution >= 4 is 17.8 Å². The fraction of sp³-hybridized carbons (Fsp3) is 0.318. The highest BCUT2D eigenvalue weighted by molar-refractivity contribution is 5.91. The van der Waals surface area contributed by atoms with E-state index in [0.717, 1.165) is 17.5 Å². The van der Waals surface area contributed by atoms with Crippen LogP contribution in [0.2, 0.25) is 0 Å². The quantitative estimate of drug-likeness (QED) is 0.620. The molecular formula is C22H26N2O5. The van der Waals surface area contributed by atoms with E-state index in [9.17, 15) is 14.4 Å². The first-order valence-electron chi connectivity index (χ1n) is 9.40. The minimum Gasteiger partial charge on any atom is -0.484 e. The van der Waals surface area contributed by atoms with E-state index in [4.69, 9.17) is 15.2 Å². The van der Waals surface area contributed by atoms with Crippen molar-refractivity contribution in [1.29, 1.82) is 0 Å². The molecule has 0 aliphatic carbocycles. The lowest BCUT2D eigenvalue weighted by Crippen LogP contribution is -2.34. The SMILES string of the molecule is CCCN(Cc1ccc(C)cc1)C(=O)COC(=O)c1ccc(OCC(N)=O)cc1. The molecule has 0 spiro atoms. The van der Waals surface area contributed by atoms with E-state index in [1.807, 2.05) is 38.1 Å². The van der Waals surface area contributed by atoms with E-state index in [1.54, 1.807) is 4.90 Å². The average Bonchev–Trinajstić information content (AvgIpc) is 2.71. The lowest BCUT2D eigenvalue weighted by molar-refractivity contribution is -0.135. The molecule has 2 aromatic rings. The van der Waals surface area contributed by atoms with Crippen LogP contribution in [0, 0.1) is 6.92 Å². The molecule has 0 atom stereocenters. The summed E-state index contributed by atoms with van der Waals surface area (Å²) >= 11 is 0. The number of amides is 2. The highest BCUT2D eigenvalue weighted by Gasteiger charge is 2.16. The number of nitrogens with two attached hydrogens (primary N) is 1. The summed E-state index contributed by atoms with van der Waals surface area (Å²) in [6, 6.07) is 14.0. The fourth-order valence-electron chi connectivity index (χ4n) is 2.62. The smallest absolute Gasteiger partial charge is 0.338 e. The van der Waals surface area contributed by atoms with Gasteiger partial charge in [-0.15, -0.1) is 0 Å². The van der Waals surface area contributed by atoms with Gasteiger partial charge >= 0.3 is 5.97 Å². The summed E-state index contributed by atoms with van der Waals surface area (Å²) in [6.07, 6.45) is 0.804. The normalized spacial score (nSPS) is 10.3. The predicted octanol–water partition coefficient (Wildman–Crippen LogP) is 2.45. The van der Waals surface area contributed by atoms with Crippen LogP contribution in [-0.4, -0.2) is 42.4 Å². The first kappa shape index (κ1) is 21.9. The van der Waals surface area contributed by atoms with Crippen molar-refractivity contribution in [3.05, 3.63) is 65.2 Å². The van der Waals surface area contributed by atoms with Gasteiger partial charge in [-0.2, -0.15) is 0 Å². The second-order valence-corrected chi connectivity index (χ2v) is 6.66. The third kappa shape index (κ3) is 7.29. The molecule has 0 heterocycles. The van der Waals surface area contributed by atoms with Crippen molar-refractivity contribution in [3.63, 3.8) is 0 Å². The molecule has 2 aromatic carbocycles. The van der Waals surface area contributed by atoms with Gasteiger partial charge in [0.2, 0.25) is 0 Å². The Morgan fingerprint density at radius 3 is 2.21 bits per heavy atom. The second kappa shape index (κ2) is 10.8. The van der Waals surface area contributed by atoms with E-state index in [2.05, 4.69) is 0 Å². The Balaban J connectivity index is 1.90. The number of esters is 1. The largest absolute Gasteiger partial charge is 0.484 e. The molecule has 0 aliphatic rings. The van der Waals surface area contributed by atoms with E-state index >= 15 is 0 Å². The maximum Gasteiger partial charge on any atom is 0.338 e. The predicted molar refractivity (Wildman–Crippen MR) is 108 cm³/mol.